The molecule has 3 N–H and O–H groups in total. The lowest BCUT2D eigenvalue weighted by Gasteiger charge is -2.27. The molecule has 0 fully saturated rings. The molecule has 0 bridgehead atoms. The van der Waals surface area contributed by atoms with Gasteiger partial charge in [-0.05, 0) is 54.8 Å². The first kappa shape index (κ1) is 24.5. The normalized spacial score (nSPS) is 11.5. The summed E-state index contributed by atoms with van der Waals surface area (Å²) in [7, 11) is 0. The number of phenolic OH excluding ortho intramolecular Hbond substituents is 1. The van der Waals surface area contributed by atoms with Gasteiger partial charge in [0.2, 0.25) is 0 Å². The lowest BCUT2D eigenvalue weighted by Crippen LogP contribution is -2.70. The topological polar surface area (TPSA) is 75.5 Å². The summed E-state index contributed by atoms with van der Waals surface area (Å²) in [6.07, 6.45) is 0. The summed E-state index contributed by atoms with van der Waals surface area (Å²) in [6.45, 7) is 5.42. The molecular formula is C29H29N3O2S. The van der Waals surface area contributed by atoms with E-state index in [1.54, 1.807) is 30.0 Å². The van der Waals surface area contributed by atoms with Crippen LogP contribution in [0.2, 0.25) is 0 Å². The van der Waals surface area contributed by atoms with Gasteiger partial charge in [0.15, 0.2) is 10.9 Å². The number of hydrogen-bond acceptors (Lipinski definition) is 4. The van der Waals surface area contributed by atoms with Crippen molar-refractivity contribution in [3.05, 3.63) is 125 Å². The Morgan fingerprint density at radius 2 is 1.51 bits per heavy atom. The number of quaternary nitrogens is 1. The highest BCUT2D eigenvalue weighted by Gasteiger charge is 2.18. The van der Waals surface area contributed by atoms with Crippen LogP contribution in [0.3, 0.4) is 0 Å². The number of amidine groups is 1. The van der Waals surface area contributed by atoms with Crippen LogP contribution in [0.5, 0.6) is 5.75 Å². The quantitative estimate of drug-likeness (QED) is 0.108. The van der Waals surface area contributed by atoms with Gasteiger partial charge in [0, 0.05) is 24.1 Å². The van der Waals surface area contributed by atoms with Gasteiger partial charge in [-0.1, -0.05) is 84.1 Å². The molecule has 0 amide bonds. The Bertz CT molecular complexity index is 1290. The van der Waals surface area contributed by atoms with Gasteiger partial charge in [-0.15, -0.1) is 0 Å². The lowest BCUT2D eigenvalue weighted by atomic mass is 10.1. The van der Waals surface area contributed by atoms with Crippen molar-refractivity contribution in [3.63, 3.8) is 0 Å². The van der Waals surface area contributed by atoms with Crippen molar-refractivity contribution in [2.45, 2.75) is 31.8 Å². The van der Waals surface area contributed by atoms with Crippen molar-refractivity contribution in [1.29, 1.82) is 0 Å². The number of phenols is 1. The van der Waals surface area contributed by atoms with Gasteiger partial charge in [-0.25, -0.2) is 4.99 Å². The average molecular weight is 484 g/mol. The third-order valence-electron chi connectivity index (χ3n) is 5.61. The van der Waals surface area contributed by atoms with E-state index in [9.17, 15) is 10.3 Å². The highest BCUT2D eigenvalue weighted by Crippen LogP contribution is 2.31. The number of aliphatic imine (C=N–C) groups is 1. The second-order valence-corrected chi connectivity index (χ2v) is 9.46. The van der Waals surface area contributed by atoms with Crippen LogP contribution >= 0.6 is 11.8 Å². The molecule has 4 aromatic rings. The third kappa shape index (κ3) is 6.73. The SMILES string of the molecule is Cc1ccc(SC(=Nc2ccccc2[NH2+][O-])N(Cc2ccccc2)Cc2ccc(O)cc2)c(C)c1. The molecule has 178 valence electrons. The van der Waals surface area contributed by atoms with Crippen LogP contribution in [0.25, 0.3) is 0 Å². The summed E-state index contributed by atoms with van der Waals surface area (Å²) in [5.41, 5.74) is 6.63. The van der Waals surface area contributed by atoms with Crippen molar-refractivity contribution in [1.82, 2.24) is 4.90 Å². The van der Waals surface area contributed by atoms with Crippen LogP contribution in [0.4, 0.5) is 11.4 Å². The van der Waals surface area contributed by atoms with Crippen LogP contribution in [0.1, 0.15) is 22.3 Å². The third-order valence-corrected chi connectivity index (χ3v) is 6.82. The Morgan fingerprint density at radius 1 is 0.857 bits per heavy atom. The largest absolute Gasteiger partial charge is 0.630 e. The van der Waals surface area contributed by atoms with Crippen molar-refractivity contribution < 1.29 is 10.6 Å². The predicted molar refractivity (Wildman–Crippen MR) is 144 cm³/mol. The molecule has 4 rings (SSSR count). The first-order valence-corrected chi connectivity index (χ1v) is 12.3. The summed E-state index contributed by atoms with van der Waals surface area (Å²) in [5, 5.41) is 22.3. The molecule has 0 saturated heterocycles. The Balaban J connectivity index is 1.79. The molecule has 0 aliphatic carbocycles. The molecule has 0 aromatic heterocycles. The standard InChI is InChI=1S/C29H29N3O2S/c1-21-12-17-28(22(2)18-21)35-29(30-26-10-6-7-11-27(26)31-34)32(19-23-8-4-3-5-9-23)20-24-13-15-25(33)16-14-24/h3-18,33H,19-20,31H2,1-2H3. The van der Waals surface area contributed by atoms with Crippen LogP contribution in [0, 0.1) is 19.1 Å². The van der Waals surface area contributed by atoms with E-state index in [-0.39, 0.29) is 5.75 Å². The van der Waals surface area contributed by atoms with Crippen LogP contribution in [-0.2, 0) is 13.1 Å². The summed E-state index contributed by atoms with van der Waals surface area (Å²) < 4.78 is 0. The number of para-hydroxylation sites is 1. The molecule has 5 nitrogen and oxygen atoms in total. The number of nitrogens with zero attached hydrogens (tertiary/aromatic N) is 2. The van der Waals surface area contributed by atoms with Crippen LogP contribution < -0.4 is 5.48 Å². The van der Waals surface area contributed by atoms with Gasteiger partial charge in [-0.2, -0.15) is 0 Å². The number of benzene rings is 4. The van der Waals surface area contributed by atoms with E-state index >= 15 is 0 Å². The molecule has 6 heteroatoms. The maximum atomic E-state index is 11.7. The monoisotopic (exact) mass is 483 g/mol. The minimum absolute atomic E-state index is 0.238. The lowest BCUT2D eigenvalue weighted by molar-refractivity contribution is -0.496. The summed E-state index contributed by atoms with van der Waals surface area (Å²) in [5.74, 6) is 0.238. The molecule has 0 unspecified atom stereocenters. The van der Waals surface area contributed by atoms with Crippen LogP contribution in [0.15, 0.2) is 107 Å². The Morgan fingerprint density at radius 3 is 2.20 bits per heavy atom. The predicted octanol–water partition coefficient (Wildman–Crippen LogP) is 6.18. The zero-order chi connectivity index (χ0) is 24.6. The maximum Gasteiger partial charge on any atom is 0.170 e. The summed E-state index contributed by atoms with van der Waals surface area (Å²) in [6, 6.07) is 31.3. The second kappa shape index (κ2) is 11.7. The van der Waals surface area contributed by atoms with Gasteiger partial charge in [-0.3, -0.25) is 0 Å². The second-order valence-electron chi connectivity index (χ2n) is 8.45. The van der Waals surface area contributed by atoms with E-state index < -0.39 is 0 Å². The van der Waals surface area contributed by atoms with Crippen molar-refractivity contribution >= 4 is 28.3 Å². The molecule has 4 aromatic carbocycles. The molecule has 0 atom stereocenters. The zero-order valence-corrected chi connectivity index (χ0v) is 20.7. The van der Waals surface area contributed by atoms with Crippen LogP contribution in [-0.4, -0.2) is 15.2 Å². The van der Waals surface area contributed by atoms with E-state index in [1.807, 2.05) is 48.5 Å². The van der Waals surface area contributed by atoms with Gasteiger partial charge in [0.05, 0.1) is 0 Å². The maximum absolute atomic E-state index is 11.7. The molecule has 0 saturated carbocycles. The molecule has 0 aliphatic rings. The van der Waals surface area contributed by atoms with Gasteiger partial charge < -0.3 is 20.7 Å². The Labute approximate surface area is 210 Å². The molecule has 0 aliphatic heterocycles. The molecule has 0 radical (unpaired) electrons. The highest BCUT2D eigenvalue weighted by molar-refractivity contribution is 8.13. The van der Waals surface area contributed by atoms with E-state index in [0.29, 0.717) is 24.5 Å². The minimum atomic E-state index is 0.238. The summed E-state index contributed by atoms with van der Waals surface area (Å²) >= 11 is 1.60. The van der Waals surface area contributed by atoms with Gasteiger partial charge in [0.1, 0.15) is 11.4 Å². The van der Waals surface area contributed by atoms with E-state index in [2.05, 4.69) is 49.1 Å². The Hall–Kier alpha value is -3.58. The number of aromatic hydroxyl groups is 1. The van der Waals surface area contributed by atoms with E-state index in [1.165, 1.54) is 11.1 Å². The average Bonchev–Trinajstić information content (AvgIpc) is 2.87. The Kier molecular flexibility index (Phi) is 8.21. The molecule has 35 heavy (non-hydrogen) atoms. The molecule has 0 spiro atoms. The molecule has 0 heterocycles. The van der Waals surface area contributed by atoms with Crippen molar-refractivity contribution in [3.8, 4) is 5.75 Å². The van der Waals surface area contributed by atoms with Gasteiger partial charge >= 0.3 is 0 Å². The first-order valence-electron chi connectivity index (χ1n) is 11.5. The van der Waals surface area contributed by atoms with Gasteiger partial charge in [0.25, 0.3) is 0 Å². The van der Waals surface area contributed by atoms with E-state index in [4.69, 9.17) is 4.99 Å². The molecular weight excluding hydrogens is 454 g/mol. The minimum Gasteiger partial charge on any atom is -0.630 e. The fraction of sp³-hybridized carbons (Fsp3) is 0.138. The fourth-order valence-corrected chi connectivity index (χ4v) is 4.73. The first-order chi connectivity index (χ1) is 17.0. The zero-order valence-electron chi connectivity index (χ0n) is 19.9. The van der Waals surface area contributed by atoms with Crippen molar-refractivity contribution in [2.75, 3.05) is 0 Å². The number of nitrogens with two attached hydrogens (primary N) is 1. The highest BCUT2D eigenvalue weighted by atomic mass is 32.2. The number of rotatable bonds is 7. The van der Waals surface area contributed by atoms with E-state index in [0.717, 1.165) is 26.7 Å². The smallest absolute Gasteiger partial charge is 0.170 e. The number of thioether (sulfide) groups is 1. The summed E-state index contributed by atoms with van der Waals surface area (Å²) in [4.78, 5) is 8.35. The number of hydrogen-bond donors (Lipinski definition) is 2. The van der Waals surface area contributed by atoms with Crippen molar-refractivity contribution in [2.24, 2.45) is 4.99 Å². The number of aryl methyl sites for hydroxylation is 2. The fourth-order valence-electron chi connectivity index (χ4n) is 3.78.